The molecule has 25 heavy (non-hydrogen) atoms. The van der Waals surface area contributed by atoms with E-state index in [1.165, 1.54) is 0 Å². The molecule has 0 unspecified atom stereocenters. The number of carbonyl (C=O) groups excluding carboxylic acids is 2. The van der Waals surface area contributed by atoms with Crippen LogP contribution in [0.2, 0.25) is 0 Å². The molecule has 2 heterocycles. The summed E-state index contributed by atoms with van der Waals surface area (Å²) in [4.78, 5) is 29.9. The van der Waals surface area contributed by atoms with Crippen LogP contribution in [0.1, 0.15) is 44.0 Å². The van der Waals surface area contributed by atoms with Crippen LogP contribution in [0.4, 0.5) is 4.79 Å². The first-order chi connectivity index (χ1) is 11.8. The van der Waals surface area contributed by atoms with Crippen molar-refractivity contribution in [2.24, 2.45) is 0 Å². The van der Waals surface area contributed by atoms with E-state index in [1.807, 2.05) is 56.1 Å². The molecule has 2 amide bonds. The minimum atomic E-state index is -0.530. The Morgan fingerprint density at radius 2 is 2.08 bits per heavy atom. The molecule has 0 aliphatic carbocycles. The van der Waals surface area contributed by atoms with Gasteiger partial charge in [0.25, 0.3) is 5.91 Å². The number of nitrogens with one attached hydrogen (secondary N) is 2. The largest absolute Gasteiger partial charge is 0.444 e. The van der Waals surface area contributed by atoms with Crippen LogP contribution in [0.3, 0.4) is 0 Å². The summed E-state index contributed by atoms with van der Waals surface area (Å²) in [5, 5.41) is 3.81. The maximum atomic E-state index is 12.9. The van der Waals surface area contributed by atoms with Gasteiger partial charge in [-0.25, -0.2) is 4.79 Å². The second-order valence-electron chi connectivity index (χ2n) is 7.48. The number of carbonyl (C=O) groups is 2. The van der Waals surface area contributed by atoms with Gasteiger partial charge in [0.15, 0.2) is 0 Å². The standard InChI is InChI=1S/C19H25N3O3/c1-19(2,3)25-18(24)21-13-6-5-11-22(12-13)17(23)15-7-4-8-16-14(15)9-10-20-16/h4,7-10,13,20H,5-6,11-12H2,1-3H3,(H,21,24)/t13-/m1/s1. The van der Waals surface area contributed by atoms with Gasteiger partial charge >= 0.3 is 6.09 Å². The summed E-state index contributed by atoms with van der Waals surface area (Å²) in [7, 11) is 0. The average Bonchev–Trinajstić information content (AvgIpc) is 3.01. The second-order valence-corrected chi connectivity index (χ2v) is 7.48. The summed E-state index contributed by atoms with van der Waals surface area (Å²) in [6.45, 7) is 6.70. The lowest BCUT2D eigenvalue weighted by Crippen LogP contribution is -2.50. The van der Waals surface area contributed by atoms with Crippen LogP contribution in [-0.4, -0.2) is 46.6 Å². The fourth-order valence-electron chi connectivity index (χ4n) is 3.20. The summed E-state index contributed by atoms with van der Waals surface area (Å²) in [6.07, 6.45) is 3.11. The van der Waals surface area contributed by atoms with Crippen molar-refractivity contribution in [3.05, 3.63) is 36.0 Å². The highest BCUT2D eigenvalue weighted by Gasteiger charge is 2.27. The normalized spacial score (nSPS) is 18.2. The number of ether oxygens (including phenoxy) is 1. The summed E-state index contributed by atoms with van der Waals surface area (Å²) in [5.74, 6) is 0.000823. The molecule has 0 saturated carbocycles. The van der Waals surface area contributed by atoms with Crippen molar-refractivity contribution in [1.82, 2.24) is 15.2 Å². The van der Waals surface area contributed by atoms with Gasteiger partial charge in [0.05, 0.1) is 0 Å². The Labute approximate surface area is 147 Å². The monoisotopic (exact) mass is 343 g/mol. The van der Waals surface area contributed by atoms with Gasteiger partial charge in [-0.1, -0.05) is 6.07 Å². The molecule has 1 saturated heterocycles. The molecule has 1 aliphatic heterocycles. The van der Waals surface area contributed by atoms with E-state index in [0.717, 1.165) is 23.7 Å². The Morgan fingerprint density at radius 1 is 1.28 bits per heavy atom. The first-order valence-electron chi connectivity index (χ1n) is 8.68. The molecule has 1 fully saturated rings. The van der Waals surface area contributed by atoms with Gasteiger partial charge in [-0.3, -0.25) is 4.79 Å². The number of aromatic nitrogens is 1. The van der Waals surface area contributed by atoms with Crippen molar-refractivity contribution in [3.8, 4) is 0 Å². The van der Waals surface area contributed by atoms with Crippen LogP contribution in [-0.2, 0) is 4.74 Å². The first-order valence-corrected chi connectivity index (χ1v) is 8.68. The number of fused-ring (bicyclic) bond motifs is 1. The number of H-pyrrole nitrogens is 1. The van der Waals surface area contributed by atoms with Crippen LogP contribution in [0.25, 0.3) is 10.9 Å². The fraction of sp³-hybridized carbons (Fsp3) is 0.474. The number of piperidine rings is 1. The number of rotatable bonds is 2. The lowest BCUT2D eigenvalue weighted by molar-refractivity contribution is 0.0452. The van der Waals surface area contributed by atoms with Gasteiger partial charge in [0.2, 0.25) is 0 Å². The molecule has 6 heteroatoms. The van der Waals surface area contributed by atoms with E-state index in [0.29, 0.717) is 18.7 Å². The predicted molar refractivity (Wildman–Crippen MR) is 96.6 cm³/mol. The van der Waals surface area contributed by atoms with Crippen molar-refractivity contribution < 1.29 is 14.3 Å². The molecule has 0 spiro atoms. The molecule has 3 rings (SSSR count). The quantitative estimate of drug-likeness (QED) is 0.878. The fourth-order valence-corrected chi connectivity index (χ4v) is 3.20. The highest BCUT2D eigenvalue weighted by atomic mass is 16.6. The molecule has 6 nitrogen and oxygen atoms in total. The molecule has 134 valence electrons. The molecule has 1 aromatic heterocycles. The van der Waals surface area contributed by atoms with Gasteiger partial charge in [-0.05, 0) is 51.8 Å². The van der Waals surface area contributed by atoms with E-state index in [1.54, 1.807) is 0 Å². The zero-order valence-electron chi connectivity index (χ0n) is 15.0. The zero-order valence-corrected chi connectivity index (χ0v) is 15.0. The number of amides is 2. The van der Waals surface area contributed by atoms with Crippen molar-refractivity contribution in [2.75, 3.05) is 13.1 Å². The zero-order chi connectivity index (χ0) is 18.0. The number of likely N-dealkylation sites (tertiary alicyclic amines) is 1. The number of hydrogen-bond acceptors (Lipinski definition) is 3. The third kappa shape index (κ3) is 4.13. The molecule has 1 aromatic carbocycles. The Balaban J connectivity index is 1.68. The summed E-state index contributed by atoms with van der Waals surface area (Å²) in [5.41, 5.74) is 1.11. The summed E-state index contributed by atoms with van der Waals surface area (Å²) >= 11 is 0. The second kappa shape index (κ2) is 6.78. The van der Waals surface area contributed by atoms with Gasteiger partial charge in [0, 0.05) is 41.8 Å². The predicted octanol–water partition coefficient (Wildman–Crippen LogP) is 3.30. The van der Waals surface area contributed by atoms with E-state index >= 15 is 0 Å². The van der Waals surface area contributed by atoms with Crippen molar-refractivity contribution in [1.29, 1.82) is 0 Å². The maximum absolute atomic E-state index is 12.9. The Kier molecular flexibility index (Phi) is 4.70. The van der Waals surface area contributed by atoms with Gasteiger partial charge in [0.1, 0.15) is 5.60 Å². The molecular weight excluding hydrogens is 318 g/mol. The summed E-state index contributed by atoms with van der Waals surface area (Å²) < 4.78 is 5.31. The lowest BCUT2D eigenvalue weighted by Gasteiger charge is -2.33. The lowest BCUT2D eigenvalue weighted by atomic mass is 10.0. The number of aromatic amines is 1. The first kappa shape index (κ1) is 17.3. The van der Waals surface area contributed by atoms with E-state index in [-0.39, 0.29) is 11.9 Å². The van der Waals surface area contributed by atoms with Gasteiger partial charge in [-0.2, -0.15) is 0 Å². The topological polar surface area (TPSA) is 74.4 Å². The van der Waals surface area contributed by atoms with E-state index in [4.69, 9.17) is 4.74 Å². The summed E-state index contributed by atoms with van der Waals surface area (Å²) in [6, 6.07) is 7.52. The SMILES string of the molecule is CC(C)(C)OC(=O)N[C@@H]1CCCN(C(=O)c2cccc3[nH]ccc23)C1. The Bertz CT molecular complexity index is 776. The smallest absolute Gasteiger partial charge is 0.407 e. The van der Waals surface area contributed by atoms with Gasteiger partial charge in [-0.15, -0.1) is 0 Å². The highest BCUT2D eigenvalue weighted by Crippen LogP contribution is 2.21. The van der Waals surface area contributed by atoms with Crippen LogP contribution >= 0.6 is 0 Å². The number of hydrogen-bond donors (Lipinski definition) is 2. The van der Waals surface area contributed by atoms with E-state index < -0.39 is 11.7 Å². The van der Waals surface area contributed by atoms with Crippen LogP contribution in [0.15, 0.2) is 30.5 Å². The Morgan fingerprint density at radius 3 is 2.84 bits per heavy atom. The molecule has 2 N–H and O–H groups in total. The van der Waals surface area contributed by atoms with Crippen molar-refractivity contribution in [3.63, 3.8) is 0 Å². The molecular formula is C19H25N3O3. The van der Waals surface area contributed by atoms with Crippen LogP contribution in [0, 0.1) is 0 Å². The third-order valence-electron chi connectivity index (χ3n) is 4.25. The highest BCUT2D eigenvalue weighted by molar-refractivity contribution is 6.06. The third-order valence-corrected chi connectivity index (χ3v) is 4.25. The molecule has 2 aromatic rings. The maximum Gasteiger partial charge on any atom is 0.407 e. The molecule has 1 aliphatic rings. The number of nitrogens with zero attached hydrogens (tertiary/aromatic N) is 1. The van der Waals surface area contributed by atoms with Crippen LogP contribution < -0.4 is 5.32 Å². The van der Waals surface area contributed by atoms with E-state index in [2.05, 4.69) is 10.3 Å². The molecule has 0 radical (unpaired) electrons. The molecule has 0 bridgehead atoms. The van der Waals surface area contributed by atoms with Crippen molar-refractivity contribution >= 4 is 22.9 Å². The minimum Gasteiger partial charge on any atom is -0.444 e. The molecule has 1 atom stereocenters. The number of benzene rings is 1. The Hall–Kier alpha value is -2.50. The minimum absolute atomic E-state index is 0.000823. The number of alkyl carbamates (subject to hydrolysis) is 1. The average molecular weight is 343 g/mol. The van der Waals surface area contributed by atoms with Crippen molar-refractivity contribution in [2.45, 2.75) is 45.3 Å². The van der Waals surface area contributed by atoms with Crippen LogP contribution in [0.5, 0.6) is 0 Å². The van der Waals surface area contributed by atoms with E-state index in [9.17, 15) is 9.59 Å². The van der Waals surface area contributed by atoms with Gasteiger partial charge < -0.3 is 19.9 Å².